The molecule has 8 rings (SSSR count). The number of phenols is 2. The summed E-state index contributed by atoms with van der Waals surface area (Å²) in [5.74, 6) is -0.272. The van der Waals surface area contributed by atoms with Gasteiger partial charge in [-0.15, -0.1) is 0 Å². The summed E-state index contributed by atoms with van der Waals surface area (Å²) in [6.45, 7) is 4.17. The number of β-lactam (4-membered cyclic amide) rings is 4. The van der Waals surface area contributed by atoms with Crippen LogP contribution in [0.15, 0.2) is 42.2 Å². The molecule has 2 heterocycles. The number of amides is 4. The Bertz CT molecular complexity index is 1800. The first-order valence-electron chi connectivity index (χ1n) is 16.4. The van der Waals surface area contributed by atoms with Crippen molar-refractivity contribution in [1.29, 1.82) is 0 Å². The molecule has 4 saturated carbocycles. The lowest BCUT2D eigenvalue weighted by molar-refractivity contribution is -0.164. The quantitative estimate of drug-likeness (QED) is 0.102. The number of halogens is 8. The van der Waals surface area contributed by atoms with Crippen LogP contribution in [0.5, 0.6) is 11.5 Å². The van der Waals surface area contributed by atoms with Gasteiger partial charge in [-0.25, -0.2) is 0 Å². The molecular formula is C35H32Br8N2O6. The van der Waals surface area contributed by atoms with Crippen molar-refractivity contribution >= 4 is 151 Å². The number of hydrogen-bond donors (Lipinski definition) is 4. The third-order valence-corrected chi connectivity index (χ3v) is 23.2. The zero-order chi connectivity index (χ0) is 37.5. The third-order valence-electron chi connectivity index (χ3n) is 13.2. The summed E-state index contributed by atoms with van der Waals surface area (Å²) in [6.07, 6.45) is 6.91. The maximum Gasteiger partial charge on any atom is 0.244 e. The number of benzene rings is 2. The van der Waals surface area contributed by atoms with Crippen LogP contribution in [-0.4, -0.2) is 40.3 Å². The van der Waals surface area contributed by atoms with E-state index in [0.717, 1.165) is 71.4 Å². The average molecular weight is 1220 g/mol. The van der Waals surface area contributed by atoms with Gasteiger partial charge in [-0.3, -0.25) is 29.8 Å². The largest absolute Gasteiger partial charge is 0.508 e. The summed E-state index contributed by atoms with van der Waals surface area (Å²) in [5, 5.41) is 24.4. The smallest absolute Gasteiger partial charge is 0.244 e. The van der Waals surface area contributed by atoms with Crippen molar-refractivity contribution in [2.45, 2.75) is 77.1 Å². The fraction of sp³-hybridized carbons (Fsp3) is 0.543. The molecular weight excluding hydrogens is 1180 g/mol. The number of carbonyl (C=O) groups excluding carboxylic acids is 4. The minimum absolute atomic E-state index is 0.0398. The monoisotopic (exact) mass is 1210 g/mol. The normalized spacial score (nSPS) is 31.3. The van der Waals surface area contributed by atoms with Crippen molar-refractivity contribution in [3.8, 4) is 11.5 Å². The number of hydrogen-bond acceptors (Lipinski definition) is 6. The molecule has 2 saturated heterocycles. The van der Waals surface area contributed by atoms with E-state index in [-0.39, 0.29) is 63.2 Å². The van der Waals surface area contributed by atoms with E-state index in [1.54, 1.807) is 12.1 Å². The molecule has 4 atom stereocenters. The first kappa shape index (κ1) is 39.4. The molecule has 6 aliphatic rings. The second kappa shape index (κ2) is 12.6. The molecule has 4 N–H and O–H groups in total. The third kappa shape index (κ3) is 4.83. The van der Waals surface area contributed by atoms with Gasteiger partial charge in [0.25, 0.3) is 0 Å². The highest BCUT2D eigenvalue weighted by molar-refractivity contribution is 9.25. The van der Waals surface area contributed by atoms with Crippen LogP contribution in [0.2, 0.25) is 0 Å². The highest BCUT2D eigenvalue weighted by Gasteiger charge is 2.84. The van der Waals surface area contributed by atoms with Crippen molar-refractivity contribution < 1.29 is 29.4 Å². The summed E-state index contributed by atoms with van der Waals surface area (Å²) in [6, 6.07) is 7.12. The molecule has 6 fully saturated rings. The minimum atomic E-state index is -1.03. The van der Waals surface area contributed by atoms with Crippen molar-refractivity contribution in [2.75, 3.05) is 0 Å². The van der Waals surface area contributed by atoms with Crippen molar-refractivity contribution in [3.63, 3.8) is 0 Å². The van der Waals surface area contributed by atoms with Crippen molar-refractivity contribution in [2.24, 2.45) is 33.5 Å². The van der Waals surface area contributed by atoms with Crippen LogP contribution in [0.4, 0.5) is 0 Å². The summed E-state index contributed by atoms with van der Waals surface area (Å²) >= 11 is 29.2. The Balaban J connectivity index is 0.000000171. The molecule has 8 nitrogen and oxygen atoms in total. The lowest BCUT2D eigenvalue weighted by atomic mass is 9.61. The molecule has 4 aliphatic carbocycles. The van der Waals surface area contributed by atoms with E-state index in [0.29, 0.717) is 8.95 Å². The molecule has 4 amide bonds. The molecule has 2 aromatic rings. The van der Waals surface area contributed by atoms with Crippen LogP contribution in [0.3, 0.4) is 0 Å². The number of imide groups is 2. The molecule has 2 aliphatic heterocycles. The number of alkyl halides is 4. The standard InChI is InChI=1S/C20H20Br4N2O4.C15H12Br4O2/c21-19(22)15(3-1-9(7-15)17(19)11(27)25-12(17)28)5-6-16-4-2-10(8-16)18(20(16,23)24)13(29)26-14(18)30;1-15(2,7-3-5-8(20)6-4-7)9-10(16)12(18)14(21)13(19)11(9)17/h9-10H,1-8H2,(H,25,27,28)(H,26,29,30);3-6,20-21H,1-2H3. The Morgan fingerprint density at radius 2 is 1.04 bits per heavy atom. The number of carbonyl (C=O) groups is 4. The first-order valence-corrected chi connectivity index (χ1v) is 22.8. The van der Waals surface area contributed by atoms with Crippen LogP contribution in [0.25, 0.3) is 0 Å². The Morgan fingerprint density at radius 3 is 1.37 bits per heavy atom. The van der Waals surface area contributed by atoms with Crippen LogP contribution in [-0.2, 0) is 24.6 Å². The zero-order valence-corrected chi connectivity index (χ0v) is 39.9. The van der Waals surface area contributed by atoms with Crippen LogP contribution >= 0.6 is 127 Å². The highest BCUT2D eigenvalue weighted by atomic mass is 79.9. The Hall–Kier alpha value is 0.160. The second-order valence-electron chi connectivity index (χ2n) is 15.4. The van der Waals surface area contributed by atoms with Gasteiger partial charge in [0, 0.05) is 14.4 Å². The number of fused-ring (bicyclic) bond motifs is 6. The van der Waals surface area contributed by atoms with E-state index in [1.807, 2.05) is 12.1 Å². The maximum absolute atomic E-state index is 12.6. The molecule has 2 aromatic carbocycles. The van der Waals surface area contributed by atoms with Gasteiger partial charge >= 0.3 is 0 Å². The molecule has 16 heteroatoms. The van der Waals surface area contributed by atoms with Gasteiger partial charge in [0.05, 0.1) is 8.95 Å². The van der Waals surface area contributed by atoms with E-state index in [2.05, 4.69) is 152 Å². The summed E-state index contributed by atoms with van der Waals surface area (Å²) in [4.78, 5) is 50.5. The first-order chi connectivity index (χ1) is 23.6. The Labute approximate surface area is 362 Å². The van der Waals surface area contributed by atoms with E-state index in [1.165, 1.54) is 0 Å². The maximum atomic E-state index is 12.6. The van der Waals surface area contributed by atoms with Gasteiger partial charge in [-0.1, -0.05) is 89.7 Å². The molecule has 2 spiro atoms. The second-order valence-corrected chi connectivity index (χ2v) is 25.5. The van der Waals surface area contributed by atoms with E-state index in [9.17, 15) is 29.4 Å². The molecule has 0 aromatic heterocycles. The van der Waals surface area contributed by atoms with Crippen molar-refractivity contribution in [1.82, 2.24) is 10.6 Å². The van der Waals surface area contributed by atoms with Crippen LogP contribution in [0, 0.1) is 33.5 Å². The average Bonchev–Trinajstić information content (AvgIpc) is 3.78. The number of rotatable bonds is 5. The number of nitrogens with one attached hydrogen (secondary N) is 2. The fourth-order valence-corrected chi connectivity index (χ4v) is 18.4. The number of aromatic hydroxyl groups is 2. The fourth-order valence-electron chi connectivity index (χ4n) is 10.3. The van der Waals surface area contributed by atoms with Gasteiger partial charge in [0.2, 0.25) is 23.6 Å². The lowest BCUT2D eigenvalue weighted by Crippen LogP contribution is -2.74. The minimum Gasteiger partial charge on any atom is -0.508 e. The van der Waals surface area contributed by atoms with E-state index >= 15 is 0 Å². The van der Waals surface area contributed by atoms with Gasteiger partial charge in [-0.2, -0.15) is 0 Å². The van der Waals surface area contributed by atoms with Crippen molar-refractivity contribution in [3.05, 3.63) is 53.3 Å². The van der Waals surface area contributed by atoms with Gasteiger partial charge in [0.15, 0.2) is 10.8 Å². The molecule has 4 bridgehead atoms. The Kier molecular flexibility index (Phi) is 9.72. The Morgan fingerprint density at radius 1 is 0.667 bits per heavy atom. The molecule has 4 unspecified atom stereocenters. The van der Waals surface area contributed by atoms with Gasteiger partial charge in [-0.05, 0) is 161 Å². The summed E-state index contributed by atoms with van der Waals surface area (Å²) in [7, 11) is 0. The van der Waals surface area contributed by atoms with Crippen LogP contribution < -0.4 is 10.6 Å². The zero-order valence-electron chi connectivity index (χ0n) is 27.2. The lowest BCUT2D eigenvalue weighted by Gasteiger charge is -2.55. The predicted octanol–water partition coefficient (Wildman–Crippen LogP) is 10.1. The van der Waals surface area contributed by atoms with Gasteiger partial charge < -0.3 is 10.2 Å². The van der Waals surface area contributed by atoms with E-state index in [4.69, 9.17) is 0 Å². The predicted molar refractivity (Wildman–Crippen MR) is 220 cm³/mol. The molecule has 274 valence electrons. The topological polar surface area (TPSA) is 133 Å². The summed E-state index contributed by atoms with van der Waals surface area (Å²) < 4.78 is 1.23. The SMILES string of the molecule is CC(C)(c1ccc(O)cc1)c1c(Br)c(Br)c(O)c(Br)c1Br.O=C1NC(=O)C12C1CCC(CCC34CCC(C3)C3(C(=O)NC3=O)C4(Br)Br)(C1)C2(Br)Br. The summed E-state index contributed by atoms with van der Waals surface area (Å²) in [5.41, 5.74) is -0.810. The van der Waals surface area contributed by atoms with Crippen LogP contribution in [0.1, 0.15) is 76.3 Å². The molecule has 0 radical (unpaired) electrons. The van der Waals surface area contributed by atoms with E-state index < -0.39 is 17.3 Å². The highest BCUT2D eigenvalue weighted by Crippen LogP contribution is 2.81. The van der Waals surface area contributed by atoms with Gasteiger partial charge in [0.1, 0.15) is 18.0 Å². The number of phenolic OH excluding ortho intramolecular Hbond substituents is 2. The molecule has 51 heavy (non-hydrogen) atoms.